The van der Waals surface area contributed by atoms with Crippen molar-refractivity contribution in [3.63, 3.8) is 0 Å². The molecule has 4 aromatic rings. The zero-order valence-electron chi connectivity index (χ0n) is 19.9. The molecule has 2 aromatic carbocycles. The molecule has 1 saturated heterocycles. The number of carbonyl (C=O) groups excluding carboxylic acids is 2. The fourth-order valence-corrected chi connectivity index (χ4v) is 6.64. The number of piperazine rings is 1. The summed E-state index contributed by atoms with van der Waals surface area (Å²) >= 11 is 0.865. The number of aromatic nitrogens is 1. The van der Waals surface area contributed by atoms with Crippen molar-refractivity contribution in [3.05, 3.63) is 65.6 Å². The van der Waals surface area contributed by atoms with Crippen molar-refractivity contribution in [2.75, 3.05) is 25.4 Å². The molecular weight excluding hydrogens is 515 g/mol. The second kappa shape index (κ2) is 8.63. The van der Waals surface area contributed by atoms with Gasteiger partial charge >= 0.3 is 0 Å². The van der Waals surface area contributed by atoms with Crippen LogP contribution < -0.4 is 5.73 Å². The number of carbonyl (C=O) groups is 2. The molecule has 4 heterocycles. The molecule has 1 fully saturated rings. The Labute approximate surface area is 218 Å². The predicted molar refractivity (Wildman–Crippen MR) is 138 cm³/mol. The minimum atomic E-state index is -0.878. The Balaban J connectivity index is 1.57. The number of nitrogens with zero attached hydrogens (tertiary/aromatic N) is 4. The van der Waals surface area contributed by atoms with Crippen molar-refractivity contribution in [2.45, 2.75) is 19.0 Å². The minimum absolute atomic E-state index is 0.00189. The number of thiophene rings is 1. The molecule has 38 heavy (non-hydrogen) atoms. The third-order valence-corrected chi connectivity index (χ3v) is 8.44. The molecule has 0 radical (unpaired) electrons. The molecule has 6 rings (SSSR count). The van der Waals surface area contributed by atoms with Crippen molar-refractivity contribution in [1.82, 2.24) is 14.4 Å². The number of hydrogen-bond donors (Lipinski definition) is 1. The van der Waals surface area contributed by atoms with Crippen molar-refractivity contribution >= 4 is 49.1 Å². The quantitative estimate of drug-likeness (QED) is 0.379. The molecule has 2 aliphatic rings. The fourth-order valence-electron chi connectivity index (χ4n) is 5.69. The number of benzene rings is 2. The zero-order chi connectivity index (χ0) is 26.9. The highest BCUT2D eigenvalue weighted by Gasteiger charge is 2.36. The Kier molecular flexibility index (Phi) is 5.47. The summed E-state index contributed by atoms with van der Waals surface area (Å²) in [6.07, 6.45) is 2.90. The summed E-state index contributed by atoms with van der Waals surface area (Å²) in [5.41, 5.74) is 6.13. The molecule has 11 heteroatoms. The summed E-state index contributed by atoms with van der Waals surface area (Å²) in [6, 6.07) is 5.13. The van der Waals surface area contributed by atoms with Gasteiger partial charge in [-0.3, -0.25) is 9.59 Å². The number of amides is 2. The Morgan fingerprint density at radius 2 is 1.92 bits per heavy atom. The third kappa shape index (κ3) is 3.33. The molecule has 0 saturated carbocycles. The van der Waals surface area contributed by atoms with E-state index in [-0.39, 0.29) is 66.7 Å². The van der Waals surface area contributed by atoms with E-state index in [1.54, 1.807) is 14.4 Å². The van der Waals surface area contributed by atoms with Gasteiger partial charge in [0.15, 0.2) is 0 Å². The summed E-state index contributed by atoms with van der Waals surface area (Å²) in [5.74, 6) is -2.95. The lowest BCUT2D eigenvalue weighted by Gasteiger charge is -2.42. The number of halogens is 3. The van der Waals surface area contributed by atoms with Gasteiger partial charge in [0.05, 0.1) is 27.4 Å². The molecule has 0 aliphatic carbocycles. The van der Waals surface area contributed by atoms with Crippen molar-refractivity contribution < 1.29 is 22.8 Å². The Morgan fingerprint density at radius 3 is 2.66 bits per heavy atom. The molecule has 1 atom stereocenters. The molecule has 2 N–H and O–H groups in total. The highest BCUT2D eigenvalue weighted by molar-refractivity contribution is 7.23. The number of nitrogen functional groups attached to an aromatic ring is 1. The maximum absolute atomic E-state index is 16.0. The average molecular weight is 536 g/mol. The first kappa shape index (κ1) is 24.1. The number of hydrogen-bond acceptors (Lipinski definition) is 5. The lowest BCUT2D eigenvalue weighted by atomic mass is 9.93. The van der Waals surface area contributed by atoms with Gasteiger partial charge in [0, 0.05) is 48.7 Å². The minimum Gasteiger partial charge on any atom is -0.389 e. The standard InChI is InChI=1S/C27H20F3N5O2S/c1-2-20(36)33-7-8-35-13(11-33)5-6-34-12-19(30)23-22(18(29)9-15(24(23)34)27(35)37)14-3-4-17(28)25-21(14)16(10-31)26(32)38-25/h2-4,9,12-13H,1,5-8,11,32H2/t13-/m0/s1. The molecule has 7 nitrogen and oxygen atoms in total. The lowest BCUT2D eigenvalue weighted by molar-refractivity contribution is -0.128. The summed E-state index contributed by atoms with van der Waals surface area (Å²) in [5, 5.41) is 9.75. The summed E-state index contributed by atoms with van der Waals surface area (Å²) < 4.78 is 47.9. The Hall–Kier alpha value is -4.30. The number of fused-ring (bicyclic) bond motifs is 2. The van der Waals surface area contributed by atoms with Crippen LogP contribution in [0.25, 0.3) is 32.1 Å². The molecule has 0 bridgehead atoms. The van der Waals surface area contributed by atoms with Gasteiger partial charge in [-0.1, -0.05) is 12.6 Å². The number of anilines is 1. The van der Waals surface area contributed by atoms with Gasteiger partial charge in [0.2, 0.25) is 5.91 Å². The van der Waals surface area contributed by atoms with Gasteiger partial charge in [-0.15, -0.1) is 11.3 Å². The second-order valence-corrected chi connectivity index (χ2v) is 10.4. The van der Waals surface area contributed by atoms with Crippen molar-refractivity contribution in [2.24, 2.45) is 0 Å². The van der Waals surface area contributed by atoms with Crippen LogP contribution in [0.5, 0.6) is 0 Å². The van der Waals surface area contributed by atoms with Gasteiger partial charge in [0.1, 0.15) is 28.5 Å². The van der Waals surface area contributed by atoms with E-state index in [0.29, 0.717) is 26.1 Å². The maximum atomic E-state index is 16.0. The third-order valence-electron chi connectivity index (χ3n) is 7.41. The number of rotatable bonds is 2. The molecule has 2 aliphatic heterocycles. The summed E-state index contributed by atoms with van der Waals surface area (Å²) in [6.45, 7) is 4.68. The van der Waals surface area contributed by atoms with Crippen LogP contribution in [0.3, 0.4) is 0 Å². The van der Waals surface area contributed by atoms with Gasteiger partial charge < -0.3 is 20.1 Å². The van der Waals surface area contributed by atoms with Crippen LogP contribution in [0, 0.1) is 28.8 Å². The molecule has 2 aromatic heterocycles. The Morgan fingerprint density at radius 1 is 1.13 bits per heavy atom. The smallest absolute Gasteiger partial charge is 0.256 e. The van der Waals surface area contributed by atoms with E-state index < -0.39 is 23.4 Å². The largest absolute Gasteiger partial charge is 0.389 e. The van der Waals surface area contributed by atoms with Crippen LogP contribution in [-0.2, 0) is 11.3 Å². The van der Waals surface area contributed by atoms with E-state index in [2.05, 4.69) is 6.58 Å². The fraction of sp³-hybridized carbons (Fsp3) is 0.222. The normalized spacial score (nSPS) is 17.3. The first-order valence-corrected chi connectivity index (χ1v) is 12.7. The van der Waals surface area contributed by atoms with Crippen LogP contribution in [-0.4, -0.2) is 51.9 Å². The van der Waals surface area contributed by atoms with E-state index in [9.17, 15) is 19.2 Å². The number of nitriles is 1. The van der Waals surface area contributed by atoms with Crippen LogP contribution in [0.15, 0.2) is 37.1 Å². The van der Waals surface area contributed by atoms with Gasteiger partial charge in [-0.25, -0.2) is 13.2 Å². The highest BCUT2D eigenvalue weighted by atomic mass is 32.1. The highest BCUT2D eigenvalue weighted by Crippen LogP contribution is 2.45. The number of nitrogens with two attached hydrogens (primary N) is 1. The number of aryl methyl sites for hydroxylation is 1. The van der Waals surface area contributed by atoms with Crippen LogP contribution in [0.2, 0.25) is 0 Å². The van der Waals surface area contributed by atoms with E-state index >= 15 is 8.78 Å². The van der Waals surface area contributed by atoms with Crippen molar-refractivity contribution in [1.29, 1.82) is 5.26 Å². The molecule has 0 spiro atoms. The molecule has 2 amide bonds. The van der Waals surface area contributed by atoms with Gasteiger partial charge in [-0.2, -0.15) is 5.26 Å². The SMILES string of the molecule is C=CC(=O)N1CCN2C(=O)c3cc(F)c(-c4ccc(F)c5sc(N)c(C#N)c45)c4c(F)cn(c34)CC[C@H]2C1. The molecule has 0 unspecified atom stereocenters. The van der Waals surface area contributed by atoms with E-state index in [1.807, 2.05) is 6.07 Å². The topological polar surface area (TPSA) is 95.4 Å². The molecular formula is C27H20F3N5O2S. The van der Waals surface area contributed by atoms with E-state index in [1.165, 1.54) is 18.3 Å². The first-order valence-electron chi connectivity index (χ1n) is 11.9. The first-order chi connectivity index (χ1) is 18.2. The van der Waals surface area contributed by atoms with Crippen LogP contribution in [0.4, 0.5) is 18.2 Å². The zero-order valence-corrected chi connectivity index (χ0v) is 20.7. The van der Waals surface area contributed by atoms with E-state index in [0.717, 1.165) is 23.5 Å². The average Bonchev–Trinajstić information content (AvgIpc) is 3.42. The van der Waals surface area contributed by atoms with Gasteiger partial charge in [0.25, 0.3) is 5.91 Å². The lowest BCUT2D eigenvalue weighted by Crippen LogP contribution is -2.57. The summed E-state index contributed by atoms with van der Waals surface area (Å²) in [7, 11) is 0. The predicted octanol–water partition coefficient (Wildman–Crippen LogP) is 4.64. The van der Waals surface area contributed by atoms with Crippen molar-refractivity contribution in [3.8, 4) is 17.2 Å². The Bertz CT molecular complexity index is 1750. The second-order valence-electron chi connectivity index (χ2n) is 9.36. The maximum Gasteiger partial charge on any atom is 0.256 e. The summed E-state index contributed by atoms with van der Waals surface area (Å²) in [4.78, 5) is 29.1. The van der Waals surface area contributed by atoms with Crippen LogP contribution >= 0.6 is 11.3 Å². The molecule has 192 valence electrons. The van der Waals surface area contributed by atoms with E-state index in [4.69, 9.17) is 5.73 Å². The van der Waals surface area contributed by atoms with Gasteiger partial charge in [-0.05, 0) is 30.2 Å². The van der Waals surface area contributed by atoms with Crippen LogP contribution in [0.1, 0.15) is 22.3 Å². The monoisotopic (exact) mass is 535 g/mol.